The highest BCUT2D eigenvalue weighted by Gasteiger charge is 2.48. The molecule has 1 aliphatic carbocycles. The fraction of sp³-hybridized carbons (Fsp3) is 0.556. The van der Waals surface area contributed by atoms with Crippen LogP contribution in [0.3, 0.4) is 0 Å². The quantitative estimate of drug-likeness (QED) is 0.628. The lowest BCUT2D eigenvalue weighted by atomic mass is 9.83. The van der Waals surface area contributed by atoms with Gasteiger partial charge in [0.2, 0.25) is 5.91 Å². The normalized spacial score (nSPS) is 27.5. The number of hydrogen-bond acceptors (Lipinski definition) is 6. The number of hydrogen-bond donors (Lipinski definition) is 1. The Hall–Kier alpha value is -2.78. The van der Waals surface area contributed by atoms with Crippen molar-refractivity contribution in [2.75, 3.05) is 34.9 Å². The zero-order valence-electron chi connectivity index (χ0n) is 21.0. The lowest BCUT2D eigenvalue weighted by molar-refractivity contribution is -0.170. The van der Waals surface area contributed by atoms with Crippen molar-refractivity contribution in [3.05, 3.63) is 42.1 Å². The van der Waals surface area contributed by atoms with Crippen LogP contribution in [0.25, 0.3) is 0 Å². The van der Waals surface area contributed by atoms with E-state index in [9.17, 15) is 13.6 Å². The molecule has 7 nitrogen and oxygen atoms in total. The van der Waals surface area contributed by atoms with Gasteiger partial charge < -0.3 is 24.6 Å². The molecule has 3 heterocycles. The summed E-state index contributed by atoms with van der Waals surface area (Å²) in [7, 11) is 0. The van der Waals surface area contributed by atoms with E-state index in [2.05, 4.69) is 22.1 Å². The summed E-state index contributed by atoms with van der Waals surface area (Å²) in [6.45, 7) is 7.71. The van der Waals surface area contributed by atoms with Crippen molar-refractivity contribution in [1.29, 1.82) is 0 Å². The molecule has 0 spiro atoms. The minimum absolute atomic E-state index is 0.0899. The highest BCUT2D eigenvalue weighted by Crippen LogP contribution is 2.43. The van der Waals surface area contributed by atoms with Gasteiger partial charge in [0.1, 0.15) is 11.9 Å². The smallest absolute Gasteiger partial charge is 0.274 e. The Morgan fingerprint density at radius 3 is 2.89 bits per heavy atom. The van der Waals surface area contributed by atoms with E-state index >= 15 is 0 Å². The van der Waals surface area contributed by atoms with Crippen molar-refractivity contribution < 1.29 is 23.0 Å². The number of nitrogens with one attached hydrogen (secondary N) is 1. The molecule has 1 amide bonds. The number of halogens is 2. The second-order valence-electron chi connectivity index (χ2n) is 10.1. The van der Waals surface area contributed by atoms with E-state index in [0.29, 0.717) is 24.5 Å². The number of pyridine rings is 1. The minimum Gasteiger partial charge on any atom is -0.375 e. The number of alkyl halides is 2. The van der Waals surface area contributed by atoms with Gasteiger partial charge in [0.05, 0.1) is 30.6 Å². The summed E-state index contributed by atoms with van der Waals surface area (Å²) in [5, 5.41) is 3.36. The molecule has 9 heteroatoms. The van der Waals surface area contributed by atoms with E-state index in [1.807, 2.05) is 37.3 Å². The van der Waals surface area contributed by atoms with E-state index in [1.54, 1.807) is 18.0 Å². The van der Waals surface area contributed by atoms with Crippen molar-refractivity contribution in [1.82, 2.24) is 4.98 Å². The Morgan fingerprint density at radius 1 is 1.28 bits per heavy atom. The lowest BCUT2D eigenvalue weighted by Gasteiger charge is -2.39. The Labute approximate surface area is 210 Å². The summed E-state index contributed by atoms with van der Waals surface area (Å²) in [6.07, 6.45) is 0.683. The Balaban J connectivity index is 1.50. The maximum atomic E-state index is 14.9. The molecule has 5 rings (SSSR count). The number of fused-ring (bicyclic) bond motifs is 2. The van der Waals surface area contributed by atoms with Crippen LogP contribution in [0, 0.1) is 5.92 Å². The van der Waals surface area contributed by atoms with Crippen molar-refractivity contribution in [2.24, 2.45) is 5.92 Å². The molecule has 2 aromatic rings. The van der Waals surface area contributed by atoms with E-state index in [1.165, 1.54) is 0 Å². The standard InChI is InChI=1S/C27H34F2N4O3/c1-4-35-24-10-7-19(13-27(24,28)29)26(34)33-15-20-6-5-11-30-25(20)31-22-9-8-21(12-23(22)33)32-14-18(3)36-16-17(32)2/h5-6,8-9,11-12,17-19,24H,4,7,10,13-16H2,1-3H3,(H,30,31)/t17-,18-,19-,24+/m1/s1. The third-order valence-electron chi connectivity index (χ3n) is 7.43. The van der Waals surface area contributed by atoms with Crippen LogP contribution in [-0.2, 0) is 20.8 Å². The summed E-state index contributed by atoms with van der Waals surface area (Å²) < 4.78 is 40.9. The molecule has 1 aromatic heterocycles. The van der Waals surface area contributed by atoms with E-state index in [-0.39, 0.29) is 37.6 Å². The first-order valence-electron chi connectivity index (χ1n) is 12.8. The first-order valence-corrected chi connectivity index (χ1v) is 12.8. The fourth-order valence-corrected chi connectivity index (χ4v) is 5.51. The SMILES string of the molecule is CCO[C@H]1CC[C@@H](C(=O)N2Cc3cccnc3Nc3ccc(N4C[C@@H](C)OC[C@H]4C)cc32)CC1(F)F. The second kappa shape index (κ2) is 9.94. The molecule has 2 aliphatic heterocycles. The molecule has 0 bridgehead atoms. The van der Waals surface area contributed by atoms with E-state index in [0.717, 1.165) is 23.5 Å². The average Bonchev–Trinajstić information content (AvgIpc) is 3.02. The van der Waals surface area contributed by atoms with E-state index < -0.39 is 24.4 Å². The zero-order chi connectivity index (χ0) is 25.4. The molecule has 194 valence electrons. The maximum absolute atomic E-state index is 14.9. The summed E-state index contributed by atoms with van der Waals surface area (Å²) >= 11 is 0. The zero-order valence-corrected chi connectivity index (χ0v) is 21.0. The predicted molar refractivity (Wildman–Crippen MR) is 135 cm³/mol. The van der Waals surface area contributed by atoms with Gasteiger partial charge in [0.25, 0.3) is 5.92 Å². The Morgan fingerprint density at radius 2 is 2.11 bits per heavy atom. The maximum Gasteiger partial charge on any atom is 0.274 e. The van der Waals surface area contributed by atoms with Gasteiger partial charge in [0, 0.05) is 49.0 Å². The van der Waals surface area contributed by atoms with Crippen molar-refractivity contribution in [3.8, 4) is 0 Å². The first-order chi connectivity index (χ1) is 17.3. The molecular formula is C27H34F2N4O3. The summed E-state index contributed by atoms with van der Waals surface area (Å²) in [4.78, 5) is 22.3. The average molecular weight is 501 g/mol. The summed E-state index contributed by atoms with van der Waals surface area (Å²) in [5.41, 5.74) is 3.22. The van der Waals surface area contributed by atoms with Crippen molar-refractivity contribution in [2.45, 2.75) is 70.8 Å². The second-order valence-corrected chi connectivity index (χ2v) is 10.1. The molecule has 1 N–H and O–H groups in total. The number of ether oxygens (including phenoxy) is 2. The molecule has 0 radical (unpaired) electrons. The largest absolute Gasteiger partial charge is 0.375 e. The summed E-state index contributed by atoms with van der Waals surface area (Å²) in [6, 6.07) is 9.87. The van der Waals surface area contributed by atoms with Crippen LogP contribution < -0.4 is 15.1 Å². The van der Waals surface area contributed by atoms with Gasteiger partial charge in [-0.2, -0.15) is 0 Å². The van der Waals surface area contributed by atoms with Gasteiger partial charge >= 0.3 is 0 Å². The van der Waals surface area contributed by atoms with Gasteiger partial charge in [-0.05, 0) is 57.9 Å². The van der Waals surface area contributed by atoms with Crippen LogP contribution >= 0.6 is 0 Å². The number of nitrogens with zero attached hydrogens (tertiary/aromatic N) is 3. The van der Waals surface area contributed by atoms with Gasteiger partial charge in [0.15, 0.2) is 0 Å². The highest BCUT2D eigenvalue weighted by atomic mass is 19.3. The highest BCUT2D eigenvalue weighted by molar-refractivity contribution is 6.00. The van der Waals surface area contributed by atoms with Crippen LogP contribution in [0.1, 0.15) is 45.6 Å². The molecule has 3 aliphatic rings. The van der Waals surface area contributed by atoms with Gasteiger partial charge in [-0.1, -0.05) is 6.07 Å². The van der Waals surface area contributed by atoms with Crippen LogP contribution in [0.5, 0.6) is 0 Å². The fourth-order valence-electron chi connectivity index (χ4n) is 5.51. The number of morpholine rings is 1. The molecule has 1 saturated heterocycles. The van der Waals surface area contributed by atoms with Crippen molar-refractivity contribution in [3.63, 3.8) is 0 Å². The van der Waals surface area contributed by atoms with Crippen LogP contribution in [0.2, 0.25) is 0 Å². The number of amides is 1. The predicted octanol–water partition coefficient (Wildman–Crippen LogP) is 5.13. The number of benzene rings is 1. The number of carbonyl (C=O) groups is 1. The molecule has 1 saturated carbocycles. The molecule has 1 aromatic carbocycles. The van der Waals surface area contributed by atoms with Crippen molar-refractivity contribution >= 4 is 28.8 Å². The van der Waals surface area contributed by atoms with Gasteiger partial charge in [-0.15, -0.1) is 0 Å². The molecule has 0 unspecified atom stereocenters. The molecule has 4 atom stereocenters. The topological polar surface area (TPSA) is 66.9 Å². The van der Waals surface area contributed by atoms with Crippen LogP contribution in [0.4, 0.5) is 31.7 Å². The first kappa shape index (κ1) is 24.9. The number of carbonyl (C=O) groups excluding carboxylic acids is 1. The van der Waals surface area contributed by atoms with Gasteiger partial charge in [-0.3, -0.25) is 4.79 Å². The Kier molecular flexibility index (Phi) is 6.87. The number of aromatic nitrogens is 1. The third kappa shape index (κ3) is 4.78. The monoisotopic (exact) mass is 500 g/mol. The van der Waals surface area contributed by atoms with Gasteiger partial charge in [-0.25, -0.2) is 13.8 Å². The summed E-state index contributed by atoms with van der Waals surface area (Å²) in [5.74, 6) is -3.44. The molecular weight excluding hydrogens is 466 g/mol. The minimum atomic E-state index is -3.04. The molecule has 36 heavy (non-hydrogen) atoms. The van der Waals surface area contributed by atoms with Crippen LogP contribution in [-0.4, -0.2) is 54.8 Å². The number of anilines is 4. The third-order valence-corrected chi connectivity index (χ3v) is 7.43. The number of rotatable bonds is 4. The Bertz CT molecular complexity index is 1110. The van der Waals surface area contributed by atoms with E-state index in [4.69, 9.17) is 9.47 Å². The van der Waals surface area contributed by atoms with Crippen LogP contribution in [0.15, 0.2) is 36.5 Å². The lowest BCUT2D eigenvalue weighted by Crippen LogP contribution is -2.48. The molecule has 2 fully saturated rings.